The molecule has 2 rings (SSSR count). The van der Waals surface area contributed by atoms with Crippen molar-refractivity contribution < 1.29 is 14.3 Å². The van der Waals surface area contributed by atoms with Crippen molar-refractivity contribution in [1.29, 1.82) is 0 Å². The lowest BCUT2D eigenvalue weighted by molar-refractivity contribution is 0.102. The molecule has 0 aliphatic rings. The molecular formula is C18H20BrNO3. The Kier molecular flexibility index (Phi) is 5.31. The Morgan fingerprint density at radius 3 is 1.87 bits per heavy atom. The average molecular weight is 378 g/mol. The first-order valence-electron chi connectivity index (χ1n) is 7.18. The van der Waals surface area contributed by atoms with Gasteiger partial charge in [0.05, 0.1) is 14.2 Å². The quantitative estimate of drug-likeness (QED) is 0.843. The summed E-state index contributed by atoms with van der Waals surface area (Å²) in [5, 5.41) is 2.98. The van der Waals surface area contributed by atoms with E-state index in [0.29, 0.717) is 21.5 Å². The highest BCUT2D eigenvalue weighted by Gasteiger charge is 2.16. The summed E-state index contributed by atoms with van der Waals surface area (Å²) in [6.45, 7) is 6.01. The van der Waals surface area contributed by atoms with E-state index in [0.717, 1.165) is 16.8 Å². The first kappa shape index (κ1) is 17.3. The summed E-state index contributed by atoms with van der Waals surface area (Å²) in [5.74, 6) is 0.892. The van der Waals surface area contributed by atoms with Crippen LogP contribution in [0.5, 0.6) is 11.5 Å². The van der Waals surface area contributed by atoms with Gasteiger partial charge >= 0.3 is 0 Å². The number of amides is 1. The van der Waals surface area contributed by atoms with E-state index >= 15 is 0 Å². The zero-order chi connectivity index (χ0) is 17.1. The Hall–Kier alpha value is -2.01. The van der Waals surface area contributed by atoms with Crippen molar-refractivity contribution in [1.82, 2.24) is 0 Å². The highest BCUT2D eigenvalue weighted by atomic mass is 79.9. The molecule has 0 aliphatic heterocycles. The highest BCUT2D eigenvalue weighted by Crippen LogP contribution is 2.36. The third kappa shape index (κ3) is 3.67. The molecule has 2 aromatic rings. The minimum Gasteiger partial charge on any atom is -0.495 e. The van der Waals surface area contributed by atoms with Crippen molar-refractivity contribution >= 4 is 27.5 Å². The molecule has 0 saturated carbocycles. The fraction of sp³-hybridized carbons (Fsp3) is 0.278. The van der Waals surface area contributed by atoms with Crippen LogP contribution < -0.4 is 14.8 Å². The molecule has 0 heterocycles. The zero-order valence-corrected chi connectivity index (χ0v) is 15.5. The smallest absolute Gasteiger partial charge is 0.255 e. The van der Waals surface area contributed by atoms with Crippen LogP contribution in [-0.4, -0.2) is 20.1 Å². The van der Waals surface area contributed by atoms with Crippen LogP contribution in [0.2, 0.25) is 0 Å². The maximum absolute atomic E-state index is 12.6. The number of nitrogens with one attached hydrogen (secondary N) is 1. The average Bonchev–Trinajstić information content (AvgIpc) is 2.50. The van der Waals surface area contributed by atoms with Gasteiger partial charge in [-0.05, 0) is 60.0 Å². The molecule has 0 saturated heterocycles. The number of anilines is 1. The van der Waals surface area contributed by atoms with E-state index in [9.17, 15) is 4.79 Å². The van der Waals surface area contributed by atoms with Crippen molar-refractivity contribution in [2.75, 3.05) is 19.5 Å². The molecule has 0 bridgehead atoms. The Bertz CT molecular complexity index is 708. The lowest BCUT2D eigenvalue weighted by Gasteiger charge is -2.15. The summed E-state index contributed by atoms with van der Waals surface area (Å²) >= 11 is 3.40. The normalized spacial score (nSPS) is 10.3. The highest BCUT2D eigenvalue weighted by molar-refractivity contribution is 9.10. The predicted molar refractivity (Wildman–Crippen MR) is 95.9 cm³/mol. The van der Waals surface area contributed by atoms with Crippen LogP contribution in [-0.2, 0) is 0 Å². The SMILES string of the molecule is COc1cc(C(=O)Nc2c(C)cc(C)cc2C)cc(OC)c1Br. The minimum atomic E-state index is -0.204. The van der Waals surface area contributed by atoms with E-state index in [-0.39, 0.29) is 5.91 Å². The molecule has 0 aromatic heterocycles. The van der Waals surface area contributed by atoms with Gasteiger partial charge in [0.15, 0.2) is 0 Å². The summed E-state index contributed by atoms with van der Waals surface area (Å²) in [7, 11) is 3.10. The number of halogens is 1. The number of hydrogen-bond donors (Lipinski definition) is 1. The van der Waals surface area contributed by atoms with Crippen LogP contribution >= 0.6 is 15.9 Å². The second kappa shape index (κ2) is 7.04. The molecule has 4 nitrogen and oxygen atoms in total. The second-order valence-electron chi connectivity index (χ2n) is 5.42. The van der Waals surface area contributed by atoms with Crippen molar-refractivity contribution in [3.63, 3.8) is 0 Å². The summed E-state index contributed by atoms with van der Waals surface area (Å²) in [4.78, 5) is 12.6. The van der Waals surface area contributed by atoms with Gasteiger partial charge in [0.2, 0.25) is 0 Å². The van der Waals surface area contributed by atoms with E-state index in [4.69, 9.17) is 9.47 Å². The molecule has 1 N–H and O–H groups in total. The van der Waals surface area contributed by atoms with Gasteiger partial charge in [-0.3, -0.25) is 4.79 Å². The first-order valence-corrected chi connectivity index (χ1v) is 7.97. The largest absolute Gasteiger partial charge is 0.495 e. The lowest BCUT2D eigenvalue weighted by atomic mass is 10.0. The fourth-order valence-corrected chi connectivity index (χ4v) is 3.12. The molecular weight excluding hydrogens is 358 g/mol. The summed E-state index contributed by atoms with van der Waals surface area (Å²) in [6.07, 6.45) is 0. The van der Waals surface area contributed by atoms with Crippen molar-refractivity contribution in [2.45, 2.75) is 20.8 Å². The summed E-state index contributed by atoms with van der Waals surface area (Å²) < 4.78 is 11.3. The number of hydrogen-bond acceptors (Lipinski definition) is 3. The van der Waals surface area contributed by atoms with Crippen LogP contribution in [0, 0.1) is 20.8 Å². The van der Waals surface area contributed by atoms with Gasteiger partial charge < -0.3 is 14.8 Å². The van der Waals surface area contributed by atoms with E-state index < -0.39 is 0 Å². The third-order valence-electron chi connectivity index (χ3n) is 3.62. The lowest BCUT2D eigenvalue weighted by Crippen LogP contribution is -2.14. The third-order valence-corrected chi connectivity index (χ3v) is 4.41. The standard InChI is InChI=1S/C18H20BrNO3/c1-10-6-11(2)17(12(3)7-10)20-18(21)13-8-14(22-4)16(19)15(9-13)23-5/h6-9H,1-5H3,(H,20,21). The fourth-order valence-electron chi connectivity index (χ4n) is 2.56. The first-order chi connectivity index (χ1) is 10.9. The van der Waals surface area contributed by atoms with E-state index in [1.165, 1.54) is 5.56 Å². The minimum absolute atomic E-state index is 0.204. The maximum atomic E-state index is 12.6. The molecule has 2 aromatic carbocycles. The van der Waals surface area contributed by atoms with Crippen LogP contribution in [0.25, 0.3) is 0 Å². The molecule has 0 atom stereocenters. The monoisotopic (exact) mass is 377 g/mol. The number of carbonyl (C=O) groups is 1. The topological polar surface area (TPSA) is 47.6 Å². The van der Waals surface area contributed by atoms with Crippen LogP contribution in [0.4, 0.5) is 5.69 Å². The van der Waals surface area contributed by atoms with Gasteiger partial charge in [0.25, 0.3) is 5.91 Å². The Balaban J connectivity index is 2.39. The molecule has 122 valence electrons. The van der Waals surface area contributed by atoms with Crippen LogP contribution in [0.1, 0.15) is 27.0 Å². The van der Waals surface area contributed by atoms with E-state index in [1.54, 1.807) is 26.4 Å². The van der Waals surface area contributed by atoms with Crippen LogP contribution in [0.3, 0.4) is 0 Å². The molecule has 0 radical (unpaired) electrons. The Morgan fingerprint density at radius 1 is 0.957 bits per heavy atom. The van der Waals surface area contributed by atoms with Gasteiger partial charge in [0, 0.05) is 11.3 Å². The predicted octanol–water partition coefficient (Wildman–Crippen LogP) is 4.64. The van der Waals surface area contributed by atoms with Crippen molar-refractivity contribution in [3.05, 3.63) is 51.0 Å². The Labute approximate surface area is 144 Å². The Morgan fingerprint density at radius 2 is 1.43 bits per heavy atom. The van der Waals surface area contributed by atoms with Gasteiger partial charge in [-0.1, -0.05) is 17.7 Å². The van der Waals surface area contributed by atoms with Gasteiger partial charge in [-0.25, -0.2) is 0 Å². The molecule has 0 spiro atoms. The van der Waals surface area contributed by atoms with E-state index in [1.807, 2.05) is 32.9 Å². The molecule has 23 heavy (non-hydrogen) atoms. The number of aryl methyl sites for hydroxylation is 3. The zero-order valence-electron chi connectivity index (χ0n) is 13.9. The molecule has 0 aliphatic carbocycles. The molecule has 0 unspecified atom stereocenters. The van der Waals surface area contributed by atoms with E-state index in [2.05, 4.69) is 21.2 Å². The summed E-state index contributed by atoms with van der Waals surface area (Å²) in [6, 6.07) is 7.46. The number of methoxy groups -OCH3 is 2. The van der Waals surface area contributed by atoms with Gasteiger partial charge in [-0.2, -0.15) is 0 Å². The molecule has 1 amide bonds. The number of ether oxygens (including phenoxy) is 2. The number of rotatable bonds is 4. The summed E-state index contributed by atoms with van der Waals surface area (Å²) in [5.41, 5.74) is 4.55. The molecule has 0 fully saturated rings. The number of carbonyl (C=O) groups excluding carboxylic acids is 1. The van der Waals surface area contributed by atoms with Crippen molar-refractivity contribution in [3.8, 4) is 11.5 Å². The van der Waals surface area contributed by atoms with Gasteiger partial charge in [0.1, 0.15) is 16.0 Å². The maximum Gasteiger partial charge on any atom is 0.255 e. The van der Waals surface area contributed by atoms with Crippen LogP contribution in [0.15, 0.2) is 28.7 Å². The van der Waals surface area contributed by atoms with Gasteiger partial charge in [-0.15, -0.1) is 0 Å². The second-order valence-corrected chi connectivity index (χ2v) is 6.22. The molecule has 5 heteroatoms. The number of benzene rings is 2. The van der Waals surface area contributed by atoms with Crippen molar-refractivity contribution in [2.24, 2.45) is 0 Å².